The fourth-order valence-corrected chi connectivity index (χ4v) is 14.1. The molecule has 3 aromatic rings. The number of nitrogens with one attached hydrogen (secondary N) is 3. The maximum absolute atomic E-state index is 17.9. The molecule has 0 radical (unpaired) electrons. The van der Waals surface area contributed by atoms with E-state index < -0.39 is 119 Å². The average molecular weight is 1210 g/mol. The van der Waals surface area contributed by atoms with Crippen molar-refractivity contribution >= 4 is 58.2 Å². The highest BCUT2D eigenvalue weighted by Crippen LogP contribution is 2.72. The van der Waals surface area contributed by atoms with Gasteiger partial charge in [-0.05, 0) is 98.4 Å². The van der Waals surface area contributed by atoms with Gasteiger partial charge in [0.05, 0.1) is 43.6 Å². The number of aliphatic hydroxyl groups is 1. The zero-order valence-electron chi connectivity index (χ0n) is 50.1. The first-order valence-corrected chi connectivity index (χ1v) is 30.6. The molecule has 2 aliphatic heterocycles. The molecule has 88 heavy (non-hydrogen) atoms. The lowest BCUT2D eigenvalue weighted by Crippen LogP contribution is -2.71. The van der Waals surface area contributed by atoms with Crippen molar-refractivity contribution in [3.8, 4) is 11.8 Å². The number of aliphatic hydroxyl groups excluding tert-OH is 1. The average Bonchev–Trinajstić information content (AvgIpc) is 1.36. The Labute approximate surface area is 511 Å². The van der Waals surface area contributed by atoms with E-state index in [2.05, 4.69) is 27.8 Å². The highest BCUT2D eigenvalue weighted by atomic mass is 19.1. The summed E-state index contributed by atoms with van der Waals surface area (Å²) < 4.78 is 58.2. The first-order chi connectivity index (χ1) is 42.2. The molecular weight excluding hydrogens is 1130 g/mol. The van der Waals surface area contributed by atoms with Crippen LogP contribution in [0.2, 0.25) is 0 Å². The van der Waals surface area contributed by atoms with E-state index >= 15 is 8.78 Å². The molecule has 0 aromatic heterocycles. The maximum Gasteiger partial charge on any atom is 0.227 e. The van der Waals surface area contributed by atoms with Gasteiger partial charge in [0.1, 0.15) is 25.3 Å². The monoisotopic (exact) mass is 1210 g/mol. The number of hydrogen-bond donors (Lipinski definition) is 4. The topological polar surface area (TPSA) is 250 Å². The van der Waals surface area contributed by atoms with Gasteiger partial charge in [-0.25, -0.2) is 8.78 Å². The summed E-state index contributed by atoms with van der Waals surface area (Å²) in [5.41, 5.74) is -3.01. The summed E-state index contributed by atoms with van der Waals surface area (Å²) >= 11 is 0. The van der Waals surface area contributed by atoms with Gasteiger partial charge in [0, 0.05) is 85.8 Å². The van der Waals surface area contributed by atoms with Crippen LogP contribution >= 0.6 is 0 Å². The Kier molecular flexibility index (Phi) is 21.0. The first-order valence-electron chi connectivity index (χ1n) is 30.6. The fraction of sp³-hybridized carbons (Fsp3) is 0.515. The van der Waals surface area contributed by atoms with E-state index in [9.17, 15) is 48.3 Å². The van der Waals surface area contributed by atoms with E-state index in [4.69, 9.17) is 18.9 Å². The van der Waals surface area contributed by atoms with Crippen LogP contribution < -0.4 is 20.9 Å². The Balaban J connectivity index is 0.672. The zero-order valence-corrected chi connectivity index (χ0v) is 50.1. The number of para-hydroxylation sites is 1. The van der Waals surface area contributed by atoms with Crippen LogP contribution in [0.1, 0.15) is 133 Å². The number of halogens is 2. The van der Waals surface area contributed by atoms with Crippen molar-refractivity contribution < 1.29 is 76.0 Å². The SMILES string of the molecule is CCCC1O[C@@H]2C[C@H]3[C@@H]4C[C@H](F)C5=CC(=O)C=C[C@]5(C)[C@@]4(F)[C@@H](O)C[C@]3(C)[C@]2(C(=O)COCNC(=O)CCC(=O)[C@H](Cc2ccccc2)NC(=O)CCC(=O)CNC(=O)CCOCCCC(=O)CCC(=O)N2Cc3ccccc3C#Cc3ccccc32)O1. The number of carbonyl (C=O) groups is 9. The number of benzene rings is 3. The number of alkyl halides is 2. The van der Waals surface area contributed by atoms with E-state index in [0.29, 0.717) is 31.5 Å². The molecule has 3 saturated carbocycles. The number of nitrogens with zero attached hydrogens (tertiary/aromatic N) is 1. The highest BCUT2D eigenvalue weighted by Gasteiger charge is 2.80. The summed E-state index contributed by atoms with van der Waals surface area (Å²) in [5.74, 6) is 0.843. The third-order valence-corrected chi connectivity index (χ3v) is 18.7. The summed E-state index contributed by atoms with van der Waals surface area (Å²) in [5, 5.41) is 19.7. The number of allylic oxidation sites excluding steroid dienone is 4. The Bertz CT molecular complexity index is 3290. The predicted molar refractivity (Wildman–Crippen MR) is 318 cm³/mol. The van der Waals surface area contributed by atoms with Crippen LogP contribution in [0, 0.1) is 34.5 Å². The fourth-order valence-electron chi connectivity index (χ4n) is 14.1. The largest absolute Gasteiger partial charge is 0.390 e. The van der Waals surface area contributed by atoms with Crippen LogP contribution in [-0.4, -0.2) is 133 Å². The molecule has 6 aliphatic rings. The van der Waals surface area contributed by atoms with Crippen molar-refractivity contribution in [2.24, 2.45) is 22.7 Å². The van der Waals surface area contributed by atoms with Crippen molar-refractivity contribution in [1.82, 2.24) is 16.0 Å². The second-order valence-electron chi connectivity index (χ2n) is 24.3. The summed E-state index contributed by atoms with van der Waals surface area (Å²) in [6.07, 6.45) is -0.924. The molecule has 4 amide bonds. The van der Waals surface area contributed by atoms with Crippen LogP contribution in [0.5, 0.6) is 0 Å². The lowest BCUT2D eigenvalue weighted by Gasteiger charge is -2.63. The zero-order chi connectivity index (χ0) is 62.8. The van der Waals surface area contributed by atoms with Crippen molar-refractivity contribution in [3.05, 3.63) is 125 Å². The number of ketones is 5. The molecule has 20 heteroatoms. The van der Waals surface area contributed by atoms with Crippen LogP contribution in [0.4, 0.5) is 14.5 Å². The smallest absolute Gasteiger partial charge is 0.227 e. The van der Waals surface area contributed by atoms with E-state index in [1.54, 1.807) is 42.2 Å². The van der Waals surface area contributed by atoms with Gasteiger partial charge in [-0.3, -0.25) is 43.2 Å². The van der Waals surface area contributed by atoms with E-state index in [1.807, 2.05) is 55.5 Å². The summed E-state index contributed by atoms with van der Waals surface area (Å²) in [6.45, 7) is 4.44. The van der Waals surface area contributed by atoms with Gasteiger partial charge < -0.3 is 44.9 Å². The predicted octanol–water partition coefficient (Wildman–Crippen LogP) is 6.88. The Morgan fingerprint density at radius 3 is 2.27 bits per heavy atom. The number of fused-ring (bicyclic) bond motifs is 9. The van der Waals surface area contributed by atoms with E-state index in [1.165, 1.54) is 19.1 Å². The number of amides is 4. The molecule has 2 heterocycles. The van der Waals surface area contributed by atoms with Gasteiger partial charge in [0.2, 0.25) is 23.6 Å². The number of ether oxygens (including phenoxy) is 4. The molecule has 4 aliphatic carbocycles. The lowest BCUT2D eigenvalue weighted by molar-refractivity contribution is -0.235. The lowest BCUT2D eigenvalue weighted by atomic mass is 9.44. The number of Topliss-reactive ketones (excluding diaryl/α,β-unsaturated/α-hetero) is 4. The molecule has 1 saturated heterocycles. The number of anilines is 1. The third-order valence-electron chi connectivity index (χ3n) is 18.7. The van der Waals surface area contributed by atoms with Crippen LogP contribution in [-0.2, 0) is 75.1 Å². The summed E-state index contributed by atoms with van der Waals surface area (Å²) in [4.78, 5) is 120. The van der Waals surface area contributed by atoms with Crippen LogP contribution in [0.25, 0.3) is 0 Å². The molecular formula is C68H78F2N4O14. The van der Waals surface area contributed by atoms with Crippen LogP contribution in [0.15, 0.2) is 103 Å². The number of rotatable bonds is 29. The minimum absolute atomic E-state index is 0.0115. The van der Waals surface area contributed by atoms with Crippen molar-refractivity contribution in [3.63, 3.8) is 0 Å². The minimum Gasteiger partial charge on any atom is -0.390 e. The van der Waals surface area contributed by atoms with Gasteiger partial charge in [-0.2, -0.15) is 0 Å². The Morgan fingerprint density at radius 2 is 1.49 bits per heavy atom. The van der Waals surface area contributed by atoms with Gasteiger partial charge in [-0.15, -0.1) is 0 Å². The second-order valence-corrected chi connectivity index (χ2v) is 24.3. The van der Waals surface area contributed by atoms with Crippen molar-refractivity contribution in [1.29, 1.82) is 0 Å². The van der Waals surface area contributed by atoms with Gasteiger partial charge in [-0.1, -0.05) is 98.8 Å². The summed E-state index contributed by atoms with van der Waals surface area (Å²) in [7, 11) is 0. The molecule has 0 bridgehead atoms. The molecule has 4 N–H and O–H groups in total. The van der Waals surface area contributed by atoms with Gasteiger partial charge >= 0.3 is 0 Å². The maximum atomic E-state index is 17.9. The standard InChI is InChI=1S/C68H78F2N4O14/c1-4-13-64-87-59-37-50-51-36-53(69)52-35-48(76)29-31-65(52,2)67(51,70)57(79)38-66(50,3)68(59,88-64)58(80)41-86-42-72-60(81)27-25-56(78)54(34-43-14-6-5-7-15-43)73-62(83)26-23-49(77)39-71-61(82)30-33-85-32-12-19-47(75)24-28-63(84)74-40-46-18-9-8-16-44(46)21-22-45-17-10-11-20-55(45)74/h5-11,14-18,20,29,31,35,50-51,53-54,57,59,64,79H,4,12-13,19,23-28,30,32-34,36-42H2,1-3H3,(H,71,82)(H,72,81)(H,73,83)/t50-,51-,53-,54-,57-,59+,64?,65-,66-,67-,68+/m0/s1. The normalized spacial score (nSPS) is 27.4. The third kappa shape index (κ3) is 13.9. The quantitative estimate of drug-likeness (QED) is 0.0314. The molecule has 11 atom stereocenters. The summed E-state index contributed by atoms with van der Waals surface area (Å²) in [6, 6.07) is 23.0. The molecule has 9 rings (SSSR count). The molecule has 18 nitrogen and oxygen atoms in total. The number of carbonyl (C=O) groups excluding carboxylic acids is 9. The molecule has 4 fully saturated rings. The van der Waals surface area contributed by atoms with Gasteiger partial charge in [0.15, 0.2) is 40.7 Å². The second kappa shape index (κ2) is 28.4. The first kappa shape index (κ1) is 65.0. The Morgan fingerprint density at radius 1 is 0.784 bits per heavy atom. The minimum atomic E-state index is -2.37. The van der Waals surface area contributed by atoms with E-state index in [-0.39, 0.29) is 114 Å². The Hall–Kier alpha value is -7.41. The van der Waals surface area contributed by atoms with E-state index in [0.717, 1.165) is 28.3 Å². The number of hydrogen-bond acceptors (Lipinski definition) is 14. The van der Waals surface area contributed by atoms with Gasteiger partial charge in [0.25, 0.3) is 0 Å². The molecule has 468 valence electrons. The molecule has 3 aromatic carbocycles. The highest BCUT2D eigenvalue weighted by molar-refractivity contribution is 6.02. The van der Waals surface area contributed by atoms with Crippen molar-refractivity contribution in [2.45, 2.75) is 166 Å². The van der Waals surface area contributed by atoms with Crippen molar-refractivity contribution in [2.75, 3.05) is 38.0 Å². The molecule has 0 spiro atoms. The van der Waals surface area contributed by atoms with Crippen LogP contribution in [0.3, 0.4) is 0 Å². The molecule has 1 unspecified atom stereocenters.